The third-order valence-electron chi connectivity index (χ3n) is 7.74. The van der Waals surface area contributed by atoms with Gasteiger partial charge in [-0.15, -0.1) is 0 Å². The quantitative estimate of drug-likeness (QED) is 0.126. The Bertz CT molecular complexity index is 1210. The molecule has 0 aliphatic carbocycles. The first kappa shape index (κ1) is 41.8. The number of carbonyl (C=O) groups excluding carboxylic acids is 2. The molecule has 2 amide bonds. The Labute approximate surface area is 294 Å². The minimum absolute atomic E-state index is 0.128. The van der Waals surface area contributed by atoms with Gasteiger partial charge in [0.05, 0.1) is 21.6 Å². The smallest absolute Gasteiger partial charge is 0.328 e. The molecule has 2 aromatic rings. The van der Waals surface area contributed by atoms with Gasteiger partial charge < -0.3 is 9.80 Å². The molecule has 2 rings (SSSR count). The molecular weight excluding hydrogens is 725 g/mol. The van der Waals surface area contributed by atoms with Crippen LogP contribution in [-0.2, 0) is 9.59 Å². The minimum atomic E-state index is -5.10. The summed E-state index contributed by atoms with van der Waals surface area (Å²) in [4.78, 5) is 27.2. The van der Waals surface area contributed by atoms with Gasteiger partial charge >= 0.3 is 24.2 Å². The second-order valence-electron chi connectivity index (χ2n) is 12.0. The molecule has 2 aromatic carbocycles. The van der Waals surface area contributed by atoms with Crippen LogP contribution < -0.4 is 0 Å². The molecule has 0 aliphatic heterocycles. The van der Waals surface area contributed by atoms with Gasteiger partial charge in [-0.05, 0) is 85.8 Å². The fraction of sp³-hybridized carbons (Fsp3) is 0.562. The lowest BCUT2D eigenvalue weighted by molar-refractivity contribution is -0.191. The van der Waals surface area contributed by atoms with Crippen LogP contribution in [0.4, 0.5) is 26.3 Å². The molecule has 0 saturated carbocycles. The largest absolute Gasteiger partial charge is 0.471 e. The number of amides is 2. The van der Waals surface area contributed by atoms with Crippen molar-refractivity contribution in [2.45, 2.75) is 101 Å². The first-order chi connectivity index (χ1) is 21.7. The van der Waals surface area contributed by atoms with E-state index in [2.05, 4.69) is 0 Å². The Morgan fingerprint density at radius 1 is 0.638 bits per heavy atom. The number of hydrogen-bond donors (Lipinski definition) is 0. The van der Waals surface area contributed by atoms with E-state index in [-0.39, 0.29) is 13.1 Å². The van der Waals surface area contributed by atoms with E-state index in [9.17, 15) is 35.9 Å². The maximum absolute atomic E-state index is 13.8. The zero-order valence-electron chi connectivity index (χ0n) is 27.0. The summed E-state index contributed by atoms with van der Waals surface area (Å²) in [6.07, 6.45) is -8.39. The van der Waals surface area contributed by atoms with Crippen LogP contribution in [0, 0.1) is 0 Å². The average Bonchev–Trinajstić information content (AvgIpc) is 2.97. The lowest BCUT2D eigenvalue weighted by atomic mass is 9.91. The second-order valence-corrected chi connectivity index (χ2v) is 17.2. The van der Waals surface area contributed by atoms with Gasteiger partial charge in [0, 0.05) is 23.1 Å². The highest BCUT2D eigenvalue weighted by Gasteiger charge is 2.51. The van der Waals surface area contributed by atoms with Gasteiger partial charge in [-0.25, -0.2) is 0 Å². The summed E-state index contributed by atoms with van der Waals surface area (Å²) >= 11 is 12.2. The topological polar surface area (TPSA) is 40.6 Å². The molecule has 0 spiro atoms. The van der Waals surface area contributed by atoms with Crippen molar-refractivity contribution >= 4 is 66.4 Å². The van der Waals surface area contributed by atoms with Gasteiger partial charge in [-0.3, -0.25) is 9.59 Å². The van der Waals surface area contributed by atoms with Gasteiger partial charge in [0.1, 0.15) is 0 Å². The van der Waals surface area contributed by atoms with Gasteiger partial charge in [-0.2, -0.15) is 26.3 Å². The predicted molar refractivity (Wildman–Crippen MR) is 185 cm³/mol. The van der Waals surface area contributed by atoms with Crippen LogP contribution in [0.2, 0.25) is 10.0 Å². The van der Waals surface area contributed by atoms with Crippen molar-refractivity contribution in [2.24, 2.45) is 0 Å². The monoisotopic (exact) mass is 764 g/mol. The molecule has 2 atom stereocenters. The number of rotatable bonds is 16. The summed E-state index contributed by atoms with van der Waals surface area (Å²) in [6, 6.07) is 13.1. The van der Waals surface area contributed by atoms with E-state index >= 15 is 0 Å². The summed E-state index contributed by atoms with van der Waals surface area (Å²) in [5, 5.41) is -0.639. The summed E-state index contributed by atoms with van der Waals surface area (Å²) in [6.45, 7) is 9.64. The van der Waals surface area contributed by atoms with Crippen molar-refractivity contribution in [1.29, 1.82) is 0 Å². The highest BCUT2D eigenvalue weighted by atomic mass is 35.5. The SMILES string of the molecule is CCCCN(C(=O)C(F)(F)F)C(C)(C)C(SSSC(c1ccc(Cl)cc1)C(C)(C)N(CCCC)C(=O)C(F)(F)F)c1ccc(Cl)cc1. The lowest BCUT2D eigenvalue weighted by Crippen LogP contribution is -2.55. The number of alkyl halides is 6. The van der Waals surface area contributed by atoms with Crippen molar-refractivity contribution in [3.05, 3.63) is 69.7 Å². The molecule has 0 heterocycles. The third-order valence-corrected chi connectivity index (χ3v) is 13.5. The van der Waals surface area contributed by atoms with Crippen molar-refractivity contribution < 1.29 is 35.9 Å². The van der Waals surface area contributed by atoms with Crippen molar-refractivity contribution in [2.75, 3.05) is 13.1 Å². The van der Waals surface area contributed by atoms with E-state index in [1.54, 1.807) is 76.2 Å². The molecule has 0 saturated heterocycles. The third kappa shape index (κ3) is 11.3. The van der Waals surface area contributed by atoms with Crippen LogP contribution in [0.5, 0.6) is 0 Å². The second kappa shape index (κ2) is 17.5. The van der Waals surface area contributed by atoms with Crippen molar-refractivity contribution in [3.8, 4) is 0 Å². The first-order valence-corrected chi connectivity index (χ1v) is 19.3. The van der Waals surface area contributed by atoms with Crippen LogP contribution in [0.1, 0.15) is 88.9 Å². The highest BCUT2D eigenvalue weighted by Crippen LogP contribution is 2.58. The highest BCUT2D eigenvalue weighted by molar-refractivity contribution is 9.09. The maximum atomic E-state index is 13.8. The molecule has 47 heavy (non-hydrogen) atoms. The fourth-order valence-corrected chi connectivity index (χ4v) is 11.3. The Kier molecular flexibility index (Phi) is 15.5. The molecular formula is C32H40Cl2F6N2O2S3. The Hall–Kier alpha value is -1.41. The Balaban J connectivity index is 2.59. The molecule has 0 aromatic heterocycles. The van der Waals surface area contributed by atoms with Crippen LogP contribution >= 0.6 is 54.6 Å². The summed E-state index contributed by atoms with van der Waals surface area (Å²) in [5.41, 5.74) is -1.54. The first-order valence-electron chi connectivity index (χ1n) is 15.0. The number of hydrogen-bond acceptors (Lipinski definition) is 5. The molecule has 0 radical (unpaired) electrons. The van der Waals surface area contributed by atoms with E-state index in [4.69, 9.17) is 23.2 Å². The van der Waals surface area contributed by atoms with Crippen LogP contribution in [0.15, 0.2) is 48.5 Å². The number of carbonyl (C=O) groups is 2. The van der Waals surface area contributed by atoms with Gasteiger partial charge in [-0.1, -0.05) is 95.7 Å². The molecule has 264 valence electrons. The van der Waals surface area contributed by atoms with Crippen LogP contribution in [-0.4, -0.2) is 58.1 Å². The lowest BCUT2D eigenvalue weighted by Gasteiger charge is -2.45. The number of nitrogens with zero attached hydrogens (tertiary/aromatic N) is 2. The molecule has 0 aliphatic rings. The van der Waals surface area contributed by atoms with E-state index in [0.29, 0.717) is 46.9 Å². The number of halogens is 8. The standard InChI is InChI=1S/C32H40Cl2F6N2O2S3/c1-7-9-19-41(27(43)31(35,36)37)29(3,4)25(21-11-15-23(33)16-12-21)45-47-46-26(22-13-17-24(34)18-14-22)30(5,6)42(20-10-8-2)28(44)32(38,39)40/h11-18,25-26H,7-10,19-20H2,1-6H3. The molecule has 15 heteroatoms. The van der Waals surface area contributed by atoms with Gasteiger partial charge in [0.15, 0.2) is 0 Å². The molecule has 0 bridgehead atoms. The normalized spacial score (nSPS) is 14.1. The zero-order valence-corrected chi connectivity index (χ0v) is 30.9. The molecule has 4 nitrogen and oxygen atoms in total. The molecule has 0 fully saturated rings. The van der Waals surface area contributed by atoms with Gasteiger partial charge in [0.25, 0.3) is 0 Å². The number of unbranched alkanes of at least 4 members (excludes halogenated alkanes) is 2. The summed E-state index contributed by atoms with van der Waals surface area (Å²) < 4.78 is 83.1. The molecule has 2 unspecified atom stereocenters. The van der Waals surface area contributed by atoms with Crippen molar-refractivity contribution in [3.63, 3.8) is 0 Å². The molecule has 0 N–H and O–H groups in total. The fourth-order valence-electron chi connectivity index (χ4n) is 5.06. The van der Waals surface area contributed by atoms with Crippen LogP contribution in [0.3, 0.4) is 0 Å². The van der Waals surface area contributed by atoms with Crippen LogP contribution in [0.25, 0.3) is 0 Å². The summed E-state index contributed by atoms with van der Waals surface area (Å²) in [7, 11) is 3.54. The summed E-state index contributed by atoms with van der Waals surface area (Å²) in [5.74, 6) is -3.91. The Morgan fingerprint density at radius 2 is 0.936 bits per heavy atom. The van der Waals surface area contributed by atoms with E-state index in [1.165, 1.54) is 31.4 Å². The van der Waals surface area contributed by atoms with E-state index < -0.39 is 45.7 Å². The average molecular weight is 766 g/mol. The zero-order chi connectivity index (χ0) is 35.8. The van der Waals surface area contributed by atoms with Crippen molar-refractivity contribution in [1.82, 2.24) is 9.80 Å². The Morgan fingerprint density at radius 3 is 1.19 bits per heavy atom. The van der Waals surface area contributed by atoms with Gasteiger partial charge in [0.2, 0.25) is 0 Å². The van der Waals surface area contributed by atoms with E-state index in [0.717, 1.165) is 9.80 Å². The number of benzene rings is 2. The minimum Gasteiger partial charge on any atom is -0.328 e. The predicted octanol–water partition coefficient (Wildman–Crippen LogP) is 11.7. The van der Waals surface area contributed by atoms with E-state index in [1.807, 2.05) is 13.8 Å². The maximum Gasteiger partial charge on any atom is 0.471 e.